The van der Waals surface area contributed by atoms with E-state index in [-0.39, 0.29) is 11.3 Å². The molecule has 0 aliphatic carbocycles. The molecule has 0 spiro atoms. The first-order valence-corrected chi connectivity index (χ1v) is 10.6. The third-order valence-electron chi connectivity index (χ3n) is 4.81. The Morgan fingerprint density at radius 2 is 1.96 bits per heavy atom. The second-order valence-corrected chi connectivity index (χ2v) is 8.32. The summed E-state index contributed by atoms with van der Waals surface area (Å²) in [6.07, 6.45) is 2.94. The molecule has 0 saturated carbocycles. The van der Waals surface area contributed by atoms with Crippen LogP contribution in [0.5, 0.6) is 5.75 Å². The maximum absolute atomic E-state index is 12.6. The molecule has 0 aromatic carbocycles. The molecule has 4 heterocycles. The summed E-state index contributed by atoms with van der Waals surface area (Å²) >= 11 is 3.33. The van der Waals surface area contributed by atoms with E-state index in [4.69, 9.17) is 5.73 Å². The number of aromatic hydroxyl groups is 1. The molecule has 0 unspecified atom stereocenters. The van der Waals surface area contributed by atoms with Gasteiger partial charge in [0.2, 0.25) is 0 Å². The average molecular weight is 411 g/mol. The number of hydrogen-bond donors (Lipinski definition) is 2. The number of carbonyl (C=O) groups excluding carboxylic acids is 2. The van der Waals surface area contributed by atoms with Crippen molar-refractivity contribution in [2.24, 2.45) is 5.73 Å². The van der Waals surface area contributed by atoms with Gasteiger partial charge in [-0.25, -0.2) is 0 Å². The van der Waals surface area contributed by atoms with E-state index in [0.717, 1.165) is 16.1 Å². The van der Waals surface area contributed by atoms with Gasteiger partial charge in [-0.2, -0.15) is 0 Å². The van der Waals surface area contributed by atoms with Gasteiger partial charge in [-0.15, -0.1) is 22.7 Å². The Hall–Kier alpha value is -2.90. The normalized spacial score (nSPS) is 11.2. The molecule has 7 heteroatoms. The smallest absolute Gasteiger partial charge is 0.289 e. The molecule has 1 amide bonds. The van der Waals surface area contributed by atoms with E-state index in [0.29, 0.717) is 18.4 Å². The molecule has 0 atom stereocenters. The minimum absolute atomic E-state index is 0.0438. The monoisotopic (exact) mass is 410 g/mol. The number of ketones is 1. The van der Waals surface area contributed by atoms with Crippen LogP contribution in [-0.4, -0.2) is 21.2 Å². The molecule has 4 rings (SSSR count). The first-order chi connectivity index (χ1) is 13.5. The van der Waals surface area contributed by atoms with E-state index in [1.54, 1.807) is 34.9 Å². The zero-order chi connectivity index (χ0) is 19.8. The van der Waals surface area contributed by atoms with E-state index < -0.39 is 11.7 Å². The number of aromatic nitrogens is 1. The standard InChI is InChI=1S/C21H18N2O3S2/c1-2-12-14(11-17-13(7-10-28-17)16-6-4-9-27-16)23-8-3-5-15(24)19(23)18(12)20(25)21(22)26/h3-10,24H,2,11H2,1H3,(H2,22,26). The van der Waals surface area contributed by atoms with Crippen molar-refractivity contribution in [2.75, 3.05) is 0 Å². The van der Waals surface area contributed by atoms with E-state index in [1.165, 1.54) is 16.5 Å². The number of fused-ring (bicyclic) bond motifs is 1. The van der Waals surface area contributed by atoms with Crippen molar-refractivity contribution in [3.8, 4) is 16.2 Å². The van der Waals surface area contributed by atoms with Gasteiger partial charge in [0.05, 0.1) is 11.1 Å². The molecule has 28 heavy (non-hydrogen) atoms. The van der Waals surface area contributed by atoms with Crippen LogP contribution in [0.25, 0.3) is 16.0 Å². The van der Waals surface area contributed by atoms with Crippen molar-refractivity contribution in [3.05, 3.63) is 69.0 Å². The lowest BCUT2D eigenvalue weighted by molar-refractivity contribution is -0.114. The number of nitrogens with two attached hydrogens (primary N) is 1. The predicted molar refractivity (Wildman–Crippen MR) is 112 cm³/mol. The van der Waals surface area contributed by atoms with Gasteiger partial charge in [0.15, 0.2) is 0 Å². The Bertz CT molecular complexity index is 1190. The van der Waals surface area contributed by atoms with E-state index >= 15 is 0 Å². The molecule has 5 nitrogen and oxygen atoms in total. The highest BCUT2D eigenvalue weighted by atomic mass is 32.1. The Labute approximate surface area is 169 Å². The maximum Gasteiger partial charge on any atom is 0.289 e. The lowest BCUT2D eigenvalue weighted by Crippen LogP contribution is -2.24. The van der Waals surface area contributed by atoms with E-state index in [2.05, 4.69) is 17.5 Å². The number of amides is 1. The summed E-state index contributed by atoms with van der Waals surface area (Å²) < 4.78 is 1.81. The average Bonchev–Trinajstić information content (AvgIpc) is 3.40. The van der Waals surface area contributed by atoms with Crippen molar-refractivity contribution >= 4 is 39.9 Å². The van der Waals surface area contributed by atoms with Crippen LogP contribution in [0, 0.1) is 0 Å². The fourth-order valence-corrected chi connectivity index (χ4v) is 5.36. The quantitative estimate of drug-likeness (QED) is 0.368. The summed E-state index contributed by atoms with van der Waals surface area (Å²) in [5.74, 6) is -1.84. The number of carbonyl (C=O) groups is 2. The Balaban J connectivity index is 1.94. The molecular weight excluding hydrogens is 392 g/mol. The van der Waals surface area contributed by atoms with E-state index in [9.17, 15) is 14.7 Å². The number of nitrogens with zero attached hydrogens (tertiary/aromatic N) is 1. The summed E-state index contributed by atoms with van der Waals surface area (Å²) in [4.78, 5) is 26.6. The van der Waals surface area contributed by atoms with Crippen LogP contribution < -0.4 is 5.73 Å². The Morgan fingerprint density at radius 3 is 2.64 bits per heavy atom. The second kappa shape index (κ2) is 7.26. The number of Topliss-reactive ketones (excluding diaryl/α,β-unsaturated/α-hetero) is 1. The van der Waals surface area contributed by atoms with Crippen molar-refractivity contribution in [3.63, 3.8) is 0 Å². The molecule has 0 aliphatic heterocycles. The number of pyridine rings is 1. The van der Waals surface area contributed by atoms with Crippen LogP contribution in [0.4, 0.5) is 0 Å². The third kappa shape index (κ3) is 2.93. The van der Waals surface area contributed by atoms with Gasteiger partial charge in [0, 0.05) is 33.6 Å². The van der Waals surface area contributed by atoms with Gasteiger partial charge in [0.1, 0.15) is 5.75 Å². The molecule has 4 aromatic rings. The lowest BCUT2D eigenvalue weighted by atomic mass is 10.00. The number of rotatable bonds is 6. The fraction of sp³-hybridized carbons (Fsp3) is 0.143. The summed E-state index contributed by atoms with van der Waals surface area (Å²) in [5.41, 5.74) is 8.64. The molecule has 0 aliphatic rings. The molecule has 4 aromatic heterocycles. The number of primary amides is 1. The highest BCUT2D eigenvalue weighted by Crippen LogP contribution is 2.37. The van der Waals surface area contributed by atoms with Gasteiger partial charge in [-0.1, -0.05) is 13.0 Å². The largest absolute Gasteiger partial charge is 0.506 e. The highest BCUT2D eigenvalue weighted by molar-refractivity contribution is 7.14. The molecule has 142 valence electrons. The minimum Gasteiger partial charge on any atom is -0.506 e. The first kappa shape index (κ1) is 18.5. The molecule has 0 radical (unpaired) electrons. The fourth-order valence-electron chi connectivity index (χ4n) is 3.62. The van der Waals surface area contributed by atoms with Crippen LogP contribution in [0.1, 0.15) is 33.4 Å². The summed E-state index contributed by atoms with van der Waals surface area (Å²) in [7, 11) is 0. The van der Waals surface area contributed by atoms with Crippen LogP contribution in [-0.2, 0) is 17.6 Å². The summed E-state index contributed by atoms with van der Waals surface area (Å²) in [6, 6.07) is 9.44. The zero-order valence-electron chi connectivity index (χ0n) is 15.1. The van der Waals surface area contributed by atoms with Gasteiger partial charge in [-0.3, -0.25) is 9.59 Å². The molecule has 0 saturated heterocycles. The summed E-state index contributed by atoms with van der Waals surface area (Å²) in [6.45, 7) is 1.93. The SMILES string of the molecule is CCc1c(C(=O)C(N)=O)c2c(O)cccn2c1Cc1sccc1-c1cccs1. The van der Waals surface area contributed by atoms with Crippen molar-refractivity contribution in [1.82, 2.24) is 4.40 Å². The predicted octanol–water partition coefficient (Wildman–Crippen LogP) is 4.26. The van der Waals surface area contributed by atoms with Gasteiger partial charge in [-0.05, 0) is 47.0 Å². The van der Waals surface area contributed by atoms with Crippen molar-refractivity contribution in [2.45, 2.75) is 19.8 Å². The van der Waals surface area contributed by atoms with Crippen molar-refractivity contribution in [1.29, 1.82) is 0 Å². The van der Waals surface area contributed by atoms with Crippen molar-refractivity contribution < 1.29 is 14.7 Å². The molecule has 0 bridgehead atoms. The Kier molecular flexibility index (Phi) is 4.78. The maximum atomic E-state index is 12.6. The number of hydrogen-bond acceptors (Lipinski definition) is 5. The molecule has 0 fully saturated rings. The van der Waals surface area contributed by atoms with Gasteiger partial charge >= 0.3 is 0 Å². The lowest BCUT2D eigenvalue weighted by Gasteiger charge is -2.07. The molecule has 3 N–H and O–H groups in total. The highest BCUT2D eigenvalue weighted by Gasteiger charge is 2.27. The van der Waals surface area contributed by atoms with Crippen LogP contribution in [0.3, 0.4) is 0 Å². The second-order valence-electron chi connectivity index (χ2n) is 6.37. The minimum atomic E-state index is -1.02. The van der Waals surface area contributed by atoms with Crippen LogP contribution in [0.2, 0.25) is 0 Å². The van der Waals surface area contributed by atoms with Gasteiger partial charge < -0.3 is 15.2 Å². The van der Waals surface area contributed by atoms with Gasteiger partial charge in [0.25, 0.3) is 11.7 Å². The van der Waals surface area contributed by atoms with Crippen LogP contribution in [0.15, 0.2) is 47.3 Å². The third-order valence-corrected chi connectivity index (χ3v) is 6.64. The molecular formula is C21H18N2O3S2. The van der Waals surface area contributed by atoms with Crippen LogP contribution >= 0.6 is 22.7 Å². The van der Waals surface area contributed by atoms with E-state index in [1.807, 2.05) is 22.8 Å². The Morgan fingerprint density at radius 1 is 1.14 bits per heavy atom. The summed E-state index contributed by atoms with van der Waals surface area (Å²) in [5, 5.41) is 14.5. The first-order valence-electron chi connectivity index (χ1n) is 8.81. The number of thiophene rings is 2. The zero-order valence-corrected chi connectivity index (χ0v) is 16.8. The topological polar surface area (TPSA) is 84.8 Å².